The molecule has 0 saturated heterocycles. The number of carbonyl (C=O) groups excluding carboxylic acids is 1. The molecule has 112 valence electrons. The van der Waals surface area contributed by atoms with Crippen LogP contribution < -0.4 is 10.1 Å². The molecular weight excluding hydrogens is 274 g/mol. The van der Waals surface area contributed by atoms with Gasteiger partial charge in [0.25, 0.3) is 0 Å². The zero-order valence-electron chi connectivity index (χ0n) is 12.5. The Morgan fingerprint density at radius 2 is 1.68 bits per heavy atom. The van der Waals surface area contributed by atoms with Gasteiger partial charge in [0.2, 0.25) is 5.91 Å². The number of hydrogen-bond acceptors (Lipinski definition) is 2. The smallest absolute Gasteiger partial charge is 0.244 e. The first-order chi connectivity index (χ1) is 10.8. The molecule has 2 aromatic carbocycles. The number of ether oxygens (including phenoxy) is 1. The van der Waals surface area contributed by atoms with Crippen molar-refractivity contribution >= 4 is 5.91 Å². The third-order valence-corrected chi connectivity index (χ3v) is 2.92. The van der Waals surface area contributed by atoms with Gasteiger partial charge in [0, 0.05) is 12.6 Å². The molecular formula is C19H19NO2. The topological polar surface area (TPSA) is 38.3 Å². The summed E-state index contributed by atoms with van der Waals surface area (Å²) in [6.45, 7) is 2.39. The molecule has 0 aliphatic carbocycles. The molecule has 0 fully saturated rings. The molecule has 3 heteroatoms. The molecule has 0 unspecified atom stereocenters. The van der Waals surface area contributed by atoms with E-state index in [4.69, 9.17) is 4.74 Å². The van der Waals surface area contributed by atoms with Crippen molar-refractivity contribution in [3.8, 4) is 11.5 Å². The van der Waals surface area contributed by atoms with Crippen LogP contribution in [0.5, 0.6) is 11.5 Å². The maximum absolute atomic E-state index is 11.5. The molecule has 2 aromatic rings. The van der Waals surface area contributed by atoms with Crippen molar-refractivity contribution in [2.45, 2.75) is 13.5 Å². The van der Waals surface area contributed by atoms with Gasteiger partial charge in [0.1, 0.15) is 11.5 Å². The Labute approximate surface area is 130 Å². The van der Waals surface area contributed by atoms with E-state index in [1.165, 1.54) is 6.08 Å². The predicted molar refractivity (Wildman–Crippen MR) is 88.8 cm³/mol. The van der Waals surface area contributed by atoms with E-state index in [0.29, 0.717) is 6.54 Å². The first-order valence-electron chi connectivity index (χ1n) is 7.17. The van der Waals surface area contributed by atoms with Crippen molar-refractivity contribution in [1.29, 1.82) is 0 Å². The van der Waals surface area contributed by atoms with Gasteiger partial charge in [-0.3, -0.25) is 4.79 Å². The average Bonchev–Trinajstić information content (AvgIpc) is 2.55. The molecule has 0 aliphatic rings. The molecule has 3 nitrogen and oxygen atoms in total. The summed E-state index contributed by atoms with van der Waals surface area (Å²) in [5, 5.41) is 2.83. The van der Waals surface area contributed by atoms with Gasteiger partial charge >= 0.3 is 0 Å². The second-order valence-corrected chi connectivity index (χ2v) is 4.66. The number of carbonyl (C=O) groups is 1. The maximum Gasteiger partial charge on any atom is 0.244 e. The van der Waals surface area contributed by atoms with E-state index in [-0.39, 0.29) is 5.91 Å². The second kappa shape index (κ2) is 8.47. The summed E-state index contributed by atoms with van der Waals surface area (Å²) >= 11 is 0. The summed E-state index contributed by atoms with van der Waals surface area (Å²) in [6.07, 6.45) is 6.91. The van der Waals surface area contributed by atoms with Gasteiger partial charge in [0.05, 0.1) is 0 Å². The Morgan fingerprint density at radius 3 is 2.36 bits per heavy atom. The predicted octanol–water partition coefficient (Wildman–Crippen LogP) is 4.23. The van der Waals surface area contributed by atoms with E-state index >= 15 is 0 Å². The quantitative estimate of drug-likeness (QED) is 0.639. The fourth-order valence-corrected chi connectivity index (χ4v) is 1.80. The summed E-state index contributed by atoms with van der Waals surface area (Å²) in [6, 6.07) is 17.3. The third kappa shape index (κ3) is 5.29. The van der Waals surface area contributed by atoms with Crippen molar-refractivity contribution < 1.29 is 9.53 Å². The highest BCUT2D eigenvalue weighted by atomic mass is 16.5. The van der Waals surface area contributed by atoms with Crippen LogP contribution in [0.15, 0.2) is 78.9 Å². The minimum atomic E-state index is -0.109. The van der Waals surface area contributed by atoms with Gasteiger partial charge in [-0.25, -0.2) is 0 Å². The van der Waals surface area contributed by atoms with E-state index in [2.05, 4.69) is 5.32 Å². The molecule has 0 aliphatic heterocycles. The van der Waals surface area contributed by atoms with E-state index in [9.17, 15) is 4.79 Å². The SMILES string of the molecule is C/C=C/C=C/C(=O)NCc1ccc(Oc2ccccc2)cc1. The normalized spacial score (nSPS) is 11.0. The van der Waals surface area contributed by atoms with E-state index in [1.807, 2.05) is 73.7 Å². The summed E-state index contributed by atoms with van der Waals surface area (Å²) < 4.78 is 5.72. The first kappa shape index (κ1) is 15.6. The number of rotatable bonds is 6. The molecule has 0 heterocycles. The zero-order chi connectivity index (χ0) is 15.6. The molecule has 0 atom stereocenters. The lowest BCUT2D eigenvalue weighted by molar-refractivity contribution is -0.116. The summed E-state index contributed by atoms with van der Waals surface area (Å²) in [5.41, 5.74) is 1.02. The molecule has 2 rings (SSSR count). The van der Waals surface area contributed by atoms with E-state index in [0.717, 1.165) is 17.1 Å². The van der Waals surface area contributed by atoms with Crippen LogP contribution in [0.25, 0.3) is 0 Å². The van der Waals surface area contributed by atoms with Gasteiger partial charge in [0.15, 0.2) is 0 Å². The molecule has 1 amide bonds. The van der Waals surface area contributed by atoms with Crippen LogP contribution >= 0.6 is 0 Å². The first-order valence-corrected chi connectivity index (χ1v) is 7.17. The minimum absolute atomic E-state index is 0.109. The standard InChI is InChI=1S/C19H19NO2/c1-2-3-5-10-19(21)20-15-16-11-13-18(14-12-16)22-17-8-6-4-7-9-17/h2-14H,15H2,1H3,(H,20,21)/b3-2+,10-5+. The largest absolute Gasteiger partial charge is 0.457 e. The highest BCUT2D eigenvalue weighted by Crippen LogP contribution is 2.20. The number of para-hydroxylation sites is 1. The van der Waals surface area contributed by atoms with Crippen molar-refractivity contribution in [2.75, 3.05) is 0 Å². The van der Waals surface area contributed by atoms with Crippen LogP contribution in [0.3, 0.4) is 0 Å². The fourth-order valence-electron chi connectivity index (χ4n) is 1.80. The van der Waals surface area contributed by atoms with Crippen molar-refractivity contribution in [3.63, 3.8) is 0 Å². The maximum atomic E-state index is 11.5. The molecule has 22 heavy (non-hydrogen) atoms. The zero-order valence-corrected chi connectivity index (χ0v) is 12.5. The molecule has 0 bridgehead atoms. The lowest BCUT2D eigenvalue weighted by atomic mass is 10.2. The van der Waals surface area contributed by atoms with Crippen molar-refractivity contribution in [2.24, 2.45) is 0 Å². The number of amides is 1. The number of allylic oxidation sites excluding steroid dienone is 3. The number of nitrogens with one attached hydrogen (secondary N) is 1. The van der Waals surface area contributed by atoms with Crippen molar-refractivity contribution in [1.82, 2.24) is 5.32 Å². The molecule has 0 aromatic heterocycles. The monoisotopic (exact) mass is 293 g/mol. The highest BCUT2D eigenvalue weighted by Gasteiger charge is 1.99. The Morgan fingerprint density at radius 1 is 1.00 bits per heavy atom. The van der Waals surface area contributed by atoms with Crippen LogP contribution in [0, 0.1) is 0 Å². The van der Waals surface area contributed by atoms with Gasteiger partial charge < -0.3 is 10.1 Å². The van der Waals surface area contributed by atoms with Crippen LogP contribution in [-0.4, -0.2) is 5.91 Å². The van der Waals surface area contributed by atoms with Gasteiger partial charge in [-0.05, 0) is 36.8 Å². The van der Waals surface area contributed by atoms with Crippen LogP contribution in [0.2, 0.25) is 0 Å². The number of hydrogen-bond donors (Lipinski definition) is 1. The van der Waals surface area contributed by atoms with Crippen LogP contribution in [-0.2, 0) is 11.3 Å². The second-order valence-electron chi connectivity index (χ2n) is 4.66. The minimum Gasteiger partial charge on any atom is -0.457 e. The summed E-state index contributed by atoms with van der Waals surface area (Å²) in [5.74, 6) is 1.47. The highest BCUT2D eigenvalue weighted by molar-refractivity contribution is 5.87. The average molecular weight is 293 g/mol. The van der Waals surface area contributed by atoms with Crippen LogP contribution in [0.4, 0.5) is 0 Å². The lowest BCUT2D eigenvalue weighted by Gasteiger charge is -2.07. The molecule has 0 radical (unpaired) electrons. The summed E-state index contributed by atoms with van der Waals surface area (Å²) in [4.78, 5) is 11.5. The van der Waals surface area contributed by atoms with Crippen LogP contribution in [0.1, 0.15) is 12.5 Å². The van der Waals surface area contributed by atoms with Gasteiger partial charge in [-0.1, -0.05) is 48.6 Å². The Kier molecular flexibility index (Phi) is 6.00. The van der Waals surface area contributed by atoms with Gasteiger partial charge in [-0.2, -0.15) is 0 Å². The van der Waals surface area contributed by atoms with E-state index < -0.39 is 0 Å². The van der Waals surface area contributed by atoms with E-state index in [1.54, 1.807) is 6.08 Å². The Hall–Kier alpha value is -2.81. The number of benzene rings is 2. The third-order valence-electron chi connectivity index (χ3n) is 2.92. The van der Waals surface area contributed by atoms with Gasteiger partial charge in [-0.15, -0.1) is 0 Å². The molecule has 0 saturated carbocycles. The lowest BCUT2D eigenvalue weighted by Crippen LogP contribution is -2.20. The fraction of sp³-hybridized carbons (Fsp3) is 0.105. The molecule has 0 spiro atoms. The Balaban J connectivity index is 1.85. The Bertz CT molecular complexity index is 643. The summed E-state index contributed by atoms with van der Waals surface area (Å²) in [7, 11) is 0. The van der Waals surface area contributed by atoms with Crippen molar-refractivity contribution in [3.05, 3.63) is 84.5 Å². The molecule has 1 N–H and O–H groups in total.